The lowest BCUT2D eigenvalue weighted by atomic mass is 10.1. The topological polar surface area (TPSA) is 35.5 Å². The van der Waals surface area contributed by atoms with Crippen molar-refractivity contribution < 1.29 is 14.3 Å². The number of aryl methyl sites for hydroxylation is 1. The number of ether oxygens (including phenoxy) is 2. The predicted molar refractivity (Wildman–Crippen MR) is 73.3 cm³/mol. The number of benzene rings is 1. The lowest BCUT2D eigenvalue weighted by molar-refractivity contribution is -0.139. The van der Waals surface area contributed by atoms with Gasteiger partial charge in [0, 0.05) is 6.42 Å². The Hall–Kier alpha value is -1.16. The second-order valence-electron chi connectivity index (χ2n) is 4.33. The molecule has 2 rings (SSSR count). The molecule has 0 aliphatic carbocycles. The first-order chi connectivity index (χ1) is 8.70. The van der Waals surface area contributed by atoms with Crippen molar-refractivity contribution in [2.75, 3.05) is 19.5 Å². The highest BCUT2D eigenvalue weighted by Crippen LogP contribution is 2.26. The number of thioether (sulfide) groups is 1. The van der Waals surface area contributed by atoms with Crippen molar-refractivity contribution in [2.24, 2.45) is 0 Å². The molecule has 0 radical (unpaired) electrons. The molecule has 0 amide bonds. The molecule has 1 aliphatic rings. The zero-order valence-electron chi connectivity index (χ0n) is 10.8. The smallest absolute Gasteiger partial charge is 0.318 e. The third-order valence-electron chi connectivity index (χ3n) is 3.05. The van der Waals surface area contributed by atoms with Crippen LogP contribution >= 0.6 is 11.8 Å². The van der Waals surface area contributed by atoms with E-state index in [4.69, 9.17) is 9.47 Å². The molecule has 18 heavy (non-hydrogen) atoms. The maximum Gasteiger partial charge on any atom is 0.318 e. The minimum absolute atomic E-state index is 0.0900. The minimum atomic E-state index is -0.151. The van der Waals surface area contributed by atoms with E-state index in [1.54, 1.807) is 11.8 Å². The van der Waals surface area contributed by atoms with Crippen LogP contribution in [0, 0.1) is 0 Å². The van der Waals surface area contributed by atoms with Gasteiger partial charge in [0.15, 0.2) is 0 Å². The lowest BCUT2D eigenvalue weighted by Crippen LogP contribution is -2.15. The summed E-state index contributed by atoms with van der Waals surface area (Å²) < 4.78 is 10.2. The molecule has 1 aliphatic heterocycles. The zero-order chi connectivity index (χ0) is 13.0. The van der Waals surface area contributed by atoms with Gasteiger partial charge in [-0.1, -0.05) is 12.1 Å². The summed E-state index contributed by atoms with van der Waals surface area (Å²) in [4.78, 5) is 11.2. The standard InChI is InChI=1S/C14H18O3S/c1-10(14(15)16-2)18-8-6-11-3-4-13-12(9-11)5-7-17-13/h3-4,9-10H,5-8H2,1-2H3. The number of esters is 1. The summed E-state index contributed by atoms with van der Waals surface area (Å²) in [6.07, 6.45) is 1.98. The number of carbonyl (C=O) groups is 1. The normalized spacial score (nSPS) is 14.8. The Bertz CT molecular complexity index is 431. The van der Waals surface area contributed by atoms with E-state index in [-0.39, 0.29) is 11.2 Å². The first-order valence-electron chi connectivity index (χ1n) is 6.14. The van der Waals surface area contributed by atoms with E-state index in [1.807, 2.05) is 13.0 Å². The van der Waals surface area contributed by atoms with E-state index in [0.717, 1.165) is 31.0 Å². The number of methoxy groups -OCH3 is 1. The van der Waals surface area contributed by atoms with Gasteiger partial charge in [-0.3, -0.25) is 4.79 Å². The lowest BCUT2D eigenvalue weighted by Gasteiger charge is -2.09. The molecule has 0 bridgehead atoms. The fourth-order valence-electron chi connectivity index (χ4n) is 1.98. The molecule has 0 spiro atoms. The molecule has 1 atom stereocenters. The summed E-state index contributed by atoms with van der Waals surface area (Å²) in [7, 11) is 1.43. The Kier molecular flexibility index (Phi) is 4.53. The first-order valence-corrected chi connectivity index (χ1v) is 7.19. The van der Waals surface area contributed by atoms with Gasteiger partial charge in [0.2, 0.25) is 0 Å². The molecule has 1 unspecified atom stereocenters. The monoisotopic (exact) mass is 266 g/mol. The highest BCUT2D eigenvalue weighted by Gasteiger charge is 2.14. The summed E-state index contributed by atoms with van der Waals surface area (Å²) in [5, 5.41) is -0.0900. The largest absolute Gasteiger partial charge is 0.493 e. The maximum atomic E-state index is 11.2. The van der Waals surface area contributed by atoms with Crippen LogP contribution in [-0.2, 0) is 22.4 Å². The summed E-state index contributed by atoms with van der Waals surface area (Å²) in [6.45, 7) is 2.68. The van der Waals surface area contributed by atoms with Gasteiger partial charge in [0.1, 0.15) is 5.75 Å². The number of hydrogen-bond acceptors (Lipinski definition) is 4. The van der Waals surface area contributed by atoms with Crippen LogP contribution in [0.2, 0.25) is 0 Å². The summed E-state index contributed by atoms with van der Waals surface area (Å²) in [5.41, 5.74) is 2.61. The molecule has 4 heteroatoms. The molecule has 0 N–H and O–H groups in total. The summed E-state index contributed by atoms with van der Waals surface area (Å²) >= 11 is 1.63. The average Bonchev–Trinajstić information content (AvgIpc) is 2.85. The van der Waals surface area contributed by atoms with E-state index in [1.165, 1.54) is 18.2 Å². The molecule has 0 saturated heterocycles. The fourth-order valence-corrected chi connectivity index (χ4v) is 2.92. The van der Waals surface area contributed by atoms with Gasteiger partial charge in [-0.05, 0) is 36.3 Å². The van der Waals surface area contributed by atoms with Gasteiger partial charge in [0.25, 0.3) is 0 Å². The van der Waals surface area contributed by atoms with Crippen molar-refractivity contribution in [3.05, 3.63) is 29.3 Å². The SMILES string of the molecule is COC(=O)C(C)SCCc1ccc2c(c1)CCO2. The Morgan fingerprint density at radius 1 is 1.56 bits per heavy atom. The quantitative estimate of drug-likeness (QED) is 0.767. The molecule has 98 valence electrons. The highest BCUT2D eigenvalue weighted by molar-refractivity contribution is 8.00. The van der Waals surface area contributed by atoms with Gasteiger partial charge in [-0.25, -0.2) is 0 Å². The van der Waals surface area contributed by atoms with Crippen molar-refractivity contribution in [3.8, 4) is 5.75 Å². The van der Waals surface area contributed by atoms with Gasteiger partial charge >= 0.3 is 5.97 Å². The second-order valence-corrected chi connectivity index (χ2v) is 5.78. The molecule has 0 fully saturated rings. The van der Waals surface area contributed by atoms with Crippen molar-refractivity contribution in [3.63, 3.8) is 0 Å². The fraction of sp³-hybridized carbons (Fsp3) is 0.500. The molecule has 1 aromatic rings. The zero-order valence-corrected chi connectivity index (χ0v) is 11.6. The number of fused-ring (bicyclic) bond motifs is 1. The van der Waals surface area contributed by atoms with Gasteiger partial charge < -0.3 is 9.47 Å². The van der Waals surface area contributed by atoms with Gasteiger partial charge in [-0.2, -0.15) is 0 Å². The molecule has 3 nitrogen and oxygen atoms in total. The molecule has 1 aromatic carbocycles. The van der Waals surface area contributed by atoms with E-state index in [2.05, 4.69) is 12.1 Å². The Morgan fingerprint density at radius 2 is 2.39 bits per heavy atom. The number of carbonyl (C=O) groups excluding carboxylic acids is 1. The van der Waals surface area contributed by atoms with Crippen molar-refractivity contribution in [1.29, 1.82) is 0 Å². The van der Waals surface area contributed by atoms with Crippen LogP contribution in [0.5, 0.6) is 5.75 Å². The Labute approximate surface area is 112 Å². The van der Waals surface area contributed by atoms with Crippen LogP contribution < -0.4 is 4.74 Å². The molecular weight excluding hydrogens is 248 g/mol. The Morgan fingerprint density at radius 3 is 3.17 bits per heavy atom. The minimum Gasteiger partial charge on any atom is -0.493 e. The Balaban J connectivity index is 1.82. The second kappa shape index (κ2) is 6.14. The van der Waals surface area contributed by atoms with Crippen LogP contribution in [0.4, 0.5) is 0 Å². The van der Waals surface area contributed by atoms with Crippen LogP contribution in [0.15, 0.2) is 18.2 Å². The molecule has 0 aromatic heterocycles. The number of hydrogen-bond donors (Lipinski definition) is 0. The van der Waals surface area contributed by atoms with Crippen LogP contribution in [0.25, 0.3) is 0 Å². The van der Waals surface area contributed by atoms with Crippen molar-refractivity contribution in [1.82, 2.24) is 0 Å². The van der Waals surface area contributed by atoms with Gasteiger partial charge in [-0.15, -0.1) is 11.8 Å². The third kappa shape index (κ3) is 3.19. The van der Waals surface area contributed by atoms with E-state index >= 15 is 0 Å². The average molecular weight is 266 g/mol. The summed E-state index contributed by atoms with van der Waals surface area (Å²) in [6, 6.07) is 6.37. The number of rotatable bonds is 5. The molecule has 0 saturated carbocycles. The third-order valence-corrected chi connectivity index (χ3v) is 4.18. The van der Waals surface area contributed by atoms with Crippen LogP contribution in [0.1, 0.15) is 18.1 Å². The van der Waals surface area contributed by atoms with Crippen molar-refractivity contribution >= 4 is 17.7 Å². The maximum absolute atomic E-state index is 11.2. The van der Waals surface area contributed by atoms with Gasteiger partial charge in [0.05, 0.1) is 19.0 Å². The summed E-state index contributed by atoms with van der Waals surface area (Å²) in [5.74, 6) is 1.80. The van der Waals surface area contributed by atoms with E-state index < -0.39 is 0 Å². The first kappa shape index (κ1) is 13.3. The van der Waals surface area contributed by atoms with Crippen LogP contribution in [-0.4, -0.2) is 30.7 Å². The molecule has 1 heterocycles. The van der Waals surface area contributed by atoms with E-state index in [9.17, 15) is 4.79 Å². The molecular formula is C14H18O3S. The van der Waals surface area contributed by atoms with E-state index in [0.29, 0.717) is 0 Å². The van der Waals surface area contributed by atoms with Crippen LogP contribution in [0.3, 0.4) is 0 Å². The predicted octanol–water partition coefficient (Wildman–Crippen LogP) is 2.46. The van der Waals surface area contributed by atoms with Crippen molar-refractivity contribution in [2.45, 2.75) is 25.0 Å². The highest BCUT2D eigenvalue weighted by atomic mass is 32.2.